The molecule has 5 nitrogen and oxygen atoms in total. The highest BCUT2D eigenvalue weighted by atomic mass is 16.5. The molecule has 0 aliphatic heterocycles. The molecule has 0 aliphatic carbocycles. The first kappa shape index (κ1) is 13.0. The third-order valence-corrected chi connectivity index (χ3v) is 2.00. The van der Waals surface area contributed by atoms with Crippen LogP contribution in [0, 0.1) is 0 Å². The lowest BCUT2D eigenvalue weighted by molar-refractivity contribution is -0.114. The van der Waals surface area contributed by atoms with Gasteiger partial charge in [0.05, 0.1) is 17.9 Å². The van der Waals surface area contributed by atoms with Crippen LogP contribution < -0.4 is 10.1 Å². The number of nitrogens with one attached hydrogen (secondary N) is 1. The standard InChI is InChI=1S/C12H15NO4/c1-3-6-17-11-5-4-9(12(15)16)7-10(11)13-8(2)14/h4-5,7H,3,6H2,1-2H3,(H,13,14)(H,15,16). The van der Waals surface area contributed by atoms with Crippen LogP contribution >= 0.6 is 0 Å². The van der Waals surface area contributed by atoms with Crippen molar-refractivity contribution >= 4 is 17.6 Å². The van der Waals surface area contributed by atoms with Gasteiger partial charge in [0.15, 0.2) is 0 Å². The summed E-state index contributed by atoms with van der Waals surface area (Å²) in [5, 5.41) is 11.4. The summed E-state index contributed by atoms with van der Waals surface area (Å²) in [6.45, 7) is 3.83. The summed E-state index contributed by atoms with van der Waals surface area (Å²) >= 11 is 0. The van der Waals surface area contributed by atoms with Gasteiger partial charge in [-0.15, -0.1) is 0 Å². The summed E-state index contributed by atoms with van der Waals surface area (Å²) < 4.78 is 5.41. The number of carboxylic acid groups (broad SMARTS) is 1. The predicted molar refractivity (Wildman–Crippen MR) is 63.5 cm³/mol. The van der Waals surface area contributed by atoms with Gasteiger partial charge in [0.2, 0.25) is 5.91 Å². The number of hydrogen-bond donors (Lipinski definition) is 2. The molecule has 0 aromatic heterocycles. The molecule has 5 heteroatoms. The average Bonchev–Trinajstić information content (AvgIpc) is 2.26. The fourth-order valence-electron chi connectivity index (χ4n) is 1.29. The highest BCUT2D eigenvalue weighted by molar-refractivity contribution is 5.94. The van der Waals surface area contributed by atoms with Gasteiger partial charge in [-0.05, 0) is 24.6 Å². The number of carbonyl (C=O) groups is 2. The van der Waals surface area contributed by atoms with E-state index in [1.165, 1.54) is 19.1 Å². The second kappa shape index (κ2) is 5.89. The van der Waals surface area contributed by atoms with Crippen molar-refractivity contribution in [1.82, 2.24) is 0 Å². The van der Waals surface area contributed by atoms with E-state index < -0.39 is 5.97 Å². The summed E-state index contributed by atoms with van der Waals surface area (Å²) in [6.07, 6.45) is 0.834. The van der Waals surface area contributed by atoms with E-state index in [4.69, 9.17) is 9.84 Å². The molecule has 0 bridgehead atoms. The van der Waals surface area contributed by atoms with Gasteiger partial charge < -0.3 is 15.2 Å². The molecule has 0 spiro atoms. The lowest BCUT2D eigenvalue weighted by atomic mass is 10.2. The molecular formula is C12H15NO4. The van der Waals surface area contributed by atoms with E-state index in [-0.39, 0.29) is 11.5 Å². The zero-order chi connectivity index (χ0) is 12.8. The molecule has 0 radical (unpaired) electrons. The van der Waals surface area contributed by atoms with Crippen LogP contribution in [0.5, 0.6) is 5.75 Å². The molecule has 92 valence electrons. The maximum Gasteiger partial charge on any atom is 0.335 e. The molecule has 1 aromatic carbocycles. The van der Waals surface area contributed by atoms with Crippen LogP contribution in [-0.4, -0.2) is 23.6 Å². The third kappa shape index (κ3) is 3.79. The fraction of sp³-hybridized carbons (Fsp3) is 0.333. The maximum absolute atomic E-state index is 11.0. The minimum atomic E-state index is -1.04. The van der Waals surface area contributed by atoms with E-state index in [0.29, 0.717) is 18.0 Å². The second-order valence-electron chi connectivity index (χ2n) is 3.55. The van der Waals surface area contributed by atoms with E-state index in [2.05, 4.69) is 5.32 Å². The molecule has 0 unspecified atom stereocenters. The Labute approximate surface area is 99.4 Å². The number of benzene rings is 1. The number of ether oxygens (including phenoxy) is 1. The zero-order valence-electron chi connectivity index (χ0n) is 9.82. The number of carbonyl (C=O) groups excluding carboxylic acids is 1. The molecule has 1 aromatic rings. The molecule has 0 heterocycles. The molecular weight excluding hydrogens is 222 g/mol. The number of carboxylic acids is 1. The van der Waals surface area contributed by atoms with E-state index in [1.807, 2.05) is 6.92 Å². The van der Waals surface area contributed by atoms with Crippen LogP contribution in [0.25, 0.3) is 0 Å². The van der Waals surface area contributed by atoms with E-state index in [9.17, 15) is 9.59 Å². The molecule has 0 aliphatic rings. The van der Waals surface area contributed by atoms with Gasteiger partial charge in [-0.25, -0.2) is 4.79 Å². The normalized spacial score (nSPS) is 9.76. The Hall–Kier alpha value is -2.04. The van der Waals surface area contributed by atoms with Gasteiger partial charge in [-0.1, -0.05) is 6.92 Å². The summed E-state index contributed by atoms with van der Waals surface area (Å²) in [5.41, 5.74) is 0.489. The molecule has 0 fully saturated rings. The Kier molecular flexibility index (Phi) is 4.51. The lowest BCUT2D eigenvalue weighted by Gasteiger charge is -2.11. The van der Waals surface area contributed by atoms with Gasteiger partial charge in [0.25, 0.3) is 0 Å². The topological polar surface area (TPSA) is 75.6 Å². The first-order valence-electron chi connectivity index (χ1n) is 5.32. The minimum Gasteiger partial charge on any atom is -0.491 e. The average molecular weight is 237 g/mol. The van der Waals surface area contributed by atoms with Crippen LogP contribution in [0.3, 0.4) is 0 Å². The number of anilines is 1. The van der Waals surface area contributed by atoms with Crippen molar-refractivity contribution in [3.05, 3.63) is 23.8 Å². The first-order chi connectivity index (χ1) is 8.04. The quantitative estimate of drug-likeness (QED) is 0.822. The van der Waals surface area contributed by atoms with Gasteiger partial charge in [0, 0.05) is 6.92 Å². The highest BCUT2D eigenvalue weighted by Crippen LogP contribution is 2.26. The van der Waals surface area contributed by atoms with Gasteiger partial charge in [-0.2, -0.15) is 0 Å². The first-order valence-corrected chi connectivity index (χ1v) is 5.32. The Morgan fingerprint density at radius 3 is 2.65 bits per heavy atom. The van der Waals surface area contributed by atoms with Crippen molar-refractivity contribution in [3.8, 4) is 5.75 Å². The monoisotopic (exact) mass is 237 g/mol. The number of aromatic carboxylic acids is 1. The largest absolute Gasteiger partial charge is 0.491 e. The van der Waals surface area contributed by atoms with E-state index >= 15 is 0 Å². The van der Waals surface area contributed by atoms with E-state index in [0.717, 1.165) is 6.42 Å². The maximum atomic E-state index is 11.0. The number of amides is 1. The van der Waals surface area contributed by atoms with Crippen molar-refractivity contribution in [3.63, 3.8) is 0 Å². The fourth-order valence-corrected chi connectivity index (χ4v) is 1.29. The SMILES string of the molecule is CCCOc1ccc(C(=O)O)cc1NC(C)=O. The van der Waals surface area contributed by atoms with Crippen molar-refractivity contribution in [2.75, 3.05) is 11.9 Å². The van der Waals surface area contributed by atoms with Crippen LogP contribution in [-0.2, 0) is 4.79 Å². The molecule has 0 saturated carbocycles. The van der Waals surface area contributed by atoms with Crippen LogP contribution in [0.15, 0.2) is 18.2 Å². The van der Waals surface area contributed by atoms with Crippen molar-refractivity contribution < 1.29 is 19.4 Å². The highest BCUT2D eigenvalue weighted by Gasteiger charge is 2.10. The number of rotatable bonds is 5. The molecule has 17 heavy (non-hydrogen) atoms. The van der Waals surface area contributed by atoms with Crippen molar-refractivity contribution in [2.45, 2.75) is 20.3 Å². The summed E-state index contributed by atoms with van der Waals surface area (Å²) in [4.78, 5) is 21.8. The Bertz CT molecular complexity index is 429. The van der Waals surface area contributed by atoms with Crippen LogP contribution in [0.1, 0.15) is 30.6 Å². The van der Waals surface area contributed by atoms with Gasteiger partial charge in [-0.3, -0.25) is 4.79 Å². The summed E-state index contributed by atoms with van der Waals surface area (Å²) in [6, 6.07) is 4.37. The van der Waals surface area contributed by atoms with Crippen LogP contribution in [0.2, 0.25) is 0 Å². The molecule has 0 atom stereocenters. The minimum absolute atomic E-state index is 0.109. The molecule has 1 rings (SSSR count). The van der Waals surface area contributed by atoms with Crippen LogP contribution in [0.4, 0.5) is 5.69 Å². The summed E-state index contributed by atoms with van der Waals surface area (Å²) in [7, 11) is 0. The molecule has 0 saturated heterocycles. The molecule has 2 N–H and O–H groups in total. The van der Waals surface area contributed by atoms with Gasteiger partial charge >= 0.3 is 5.97 Å². The van der Waals surface area contributed by atoms with E-state index in [1.54, 1.807) is 6.07 Å². The Balaban J connectivity index is 3.02. The lowest BCUT2D eigenvalue weighted by Crippen LogP contribution is -2.09. The van der Waals surface area contributed by atoms with Crippen molar-refractivity contribution in [1.29, 1.82) is 0 Å². The Morgan fingerprint density at radius 2 is 2.12 bits per heavy atom. The predicted octanol–water partition coefficient (Wildman–Crippen LogP) is 2.13. The smallest absolute Gasteiger partial charge is 0.335 e. The zero-order valence-corrected chi connectivity index (χ0v) is 9.82. The molecule has 1 amide bonds. The van der Waals surface area contributed by atoms with Gasteiger partial charge in [0.1, 0.15) is 5.75 Å². The number of hydrogen-bond acceptors (Lipinski definition) is 3. The second-order valence-corrected chi connectivity index (χ2v) is 3.55. The third-order valence-electron chi connectivity index (χ3n) is 2.00. The van der Waals surface area contributed by atoms with Crippen molar-refractivity contribution in [2.24, 2.45) is 0 Å². The Morgan fingerprint density at radius 1 is 1.41 bits per heavy atom. The summed E-state index contributed by atoms with van der Waals surface area (Å²) in [5.74, 6) is -0.834.